The number of H-pyrrole nitrogens is 1. The van der Waals surface area contributed by atoms with Gasteiger partial charge in [-0.25, -0.2) is 5.10 Å². The molecule has 2 aromatic heterocycles. The van der Waals surface area contributed by atoms with E-state index in [2.05, 4.69) is 10.2 Å². The number of fused-ring (bicyclic) bond motifs is 1. The normalized spacial score (nSPS) is 11.1. The summed E-state index contributed by atoms with van der Waals surface area (Å²) in [6.45, 7) is 1.90. The van der Waals surface area contributed by atoms with Crippen LogP contribution in [-0.4, -0.2) is 27.8 Å². The predicted octanol–water partition coefficient (Wildman–Crippen LogP) is 4.94. The maximum Gasteiger partial charge on any atom is 0.284 e. The van der Waals surface area contributed by atoms with E-state index in [0.717, 1.165) is 22.2 Å². The molecule has 6 nitrogen and oxygen atoms in total. The number of hydrogen-bond acceptors (Lipinski definition) is 5. The number of hydrogen-bond donors (Lipinski definition) is 1. The number of nitrogens with one attached hydrogen (secondary N) is 1. The van der Waals surface area contributed by atoms with E-state index in [4.69, 9.17) is 33.0 Å². The third-order valence-corrected chi connectivity index (χ3v) is 5.07. The van der Waals surface area contributed by atoms with Gasteiger partial charge in [0, 0.05) is 21.7 Å². The van der Waals surface area contributed by atoms with Gasteiger partial charge in [0.1, 0.15) is 5.75 Å². The van der Waals surface area contributed by atoms with Gasteiger partial charge in [0.05, 0.1) is 19.0 Å². The van der Waals surface area contributed by atoms with Crippen LogP contribution < -0.4 is 4.74 Å². The van der Waals surface area contributed by atoms with Crippen molar-refractivity contribution in [3.05, 3.63) is 75.0 Å². The highest BCUT2D eigenvalue weighted by Crippen LogP contribution is 2.31. The van der Waals surface area contributed by atoms with Crippen molar-refractivity contribution >= 4 is 40.6 Å². The summed E-state index contributed by atoms with van der Waals surface area (Å²) in [5, 5.41) is 8.19. The molecule has 0 saturated carbocycles. The molecule has 0 atom stereocenters. The summed E-state index contributed by atoms with van der Waals surface area (Å²) in [5.41, 5.74) is 3.04. The maximum atomic E-state index is 13.2. The van der Waals surface area contributed by atoms with Gasteiger partial charge in [-0.2, -0.15) is 0 Å². The van der Waals surface area contributed by atoms with Crippen LogP contribution in [0.2, 0.25) is 5.02 Å². The van der Waals surface area contributed by atoms with Crippen LogP contribution in [-0.2, 0) is 6.42 Å². The first-order valence-corrected chi connectivity index (χ1v) is 9.29. The molecule has 0 radical (unpaired) electrons. The Morgan fingerprint density at radius 1 is 1.29 bits per heavy atom. The molecule has 142 valence electrons. The molecular weight excluding hydrogens is 398 g/mol. The Balaban J connectivity index is 1.90. The topological polar surface area (TPSA) is 73.0 Å². The van der Waals surface area contributed by atoms with Gasteiger partial charge in [-0.05, 0) is 67.2 Å². The van der Waals surface area contributed by atoms with E-state index >= 15 is 0 Å². The zero-order valence-electron chi connectivity index (χ0n) is 15.2. The number of aromatic amines is 1. The Kier molecular flexibility index (Phi) is 4.78. The lowest BCUT2D eigenvalue weighted by Gasteiger charge is -2.08. The van der Waals surface area contributed by atoms with Gasteiger partial charge >= 0.3 is 0 Å². The third kappa shape index (κ3) is 3.23. The first-order valence-electron chi connectivity index (χ1n) is 8.50. The third-order valence-electron chi connectivity index (χ3n) is 4.65. The van der Waals surface area contributed by atoms with Crippen LogP contribution in [0.25, 0.3) is 10.9 Å². The van der Waals surface area contributed by atoms with Crippen LogP contribution in [0.4, 0.5) is 0 Å². The standard InChI is InChI=1S/C20H16ClN3O3S/c1-11-15(10-18-22-23-20(28)27-18)16-9-14(26-2)7-8-17(16)24(11)19(25)12-3-5-13(21)6-4-12/h3-9H,10H2,1-2H3,(H,23,28). The van der Waals surface area contributed by atoms with Crippen molar-refractivity contribution in [2.45, 2.75) is 13.3 Å². The van der Waals surface area contributed by atoms with Gasteiger partial charge < -0.3 is 9.15 Å². The van der Waals surface area contributed by atoms with Crippen molar-refractivity contribution in [2.24, 2.45) is 0 Å². The summed E-state index contributed by atoms with van der Waals surface area (Å²) in [4.78, 5) is 13.5. The average molecular weight is 414 g/mol. The highest BCUT2D eigenvalue weighted by Gasteiger charge is 2.21. The number of methoxy groups -OCH3 is 1. The molecule has 4 aromatic rings. The summed E-state index contributed by atoms with van der Waals surface area (Å²) in [5.74, 6) is 1.01. The molecule has 0 saturated heterocycles. The Bertz CT molecular complexity index is 1240. The zero-order valence-corrected chi connectivity index (χ0v) is 16.7. The van der Waals surface area contributed by atoms with Gasteiger partial charge in [-0.15, -0.1) is 5.10 Å². The van der Waals surface area contributed by atoms with Gasteiger partial charge in [0.2, 0.25) is 5.89 Å². The van der Waals surface area contributed by atoms with Crippen molar-refractivity contribution in [2.75, 3.05) is 7.11 Å². The second-order valence-electron chi connectivity index (χ2n) is 6.28. The number of rotatable bonds is 4. The molecule has 1 N–H and O–H groups in total. The summed E-state index contributed by atoms with van der Waals surface area (Å²) in [7, 11) is 1.61. The first kappa shape index (κ1) is 18.5. The van der Waals surface area contributed by atoms with Crippen LogP contribution in [0.5, 0.6) is 5.75 Å². The van der Waals surface area contributed by atoms with Gasteiger partial charge in [-0.1, -0.05) is 11.6 Å². The summed E-state index contributed by atoms with van der Waals surface area (Å²) < 4.78 is 12.5. The number of ether oxygens (including phenoxy) is 1. The molecule has 8 heteroatoms. The molecule has 0 aliphatic rings. The van der Waals surface area contributed by atoms with Crippen LogP contribution in [0.15, 0.2) is 46.9 Å². The predicted molar refractivity (Wildman–Crippen MR) is 109 cm³/mol. The lowest BCUT2D eigenvalue weighted by Crippen LogP contribution is -2.13. The summed E-state index contributed by atoms with van der Waals surface area (Å²) >= 11 is 10.9. The summed E-state index contributed by atoms with van der Waals surface area (Å²) in [6, 6.07) is 12.4. The fourth-order valence-corrected chi connectivity index (χ4v) is 3.55. The SMILES string of the molecule is COc1ccc2c(c1)c(Cc1n[nH]c(=S)o1)c(C)n2C(=O)c1ccc(Cl)cc1. The molecule has 0 amide bonds. The van der Waals surface area contributed by atoms with Gasteiger partial charge in [0.15, 0.2) is 0 Å². The van der Waals surface area contributed by atoms with E-state index in [1.165, 1.54) is 0 Å². The van der Waals surface area contributed by atoms with E-state index < -0.39 is 0 Å². The Labute approximate surface area is 170 Å². The Hall–Kier alpha value is -2.90. The van der Waals surface area contributed by atoms with Crippen molar-refractivity contribution in [1.82, 2.24) is 14.8 Å². The molecule has 2 aromatic carbocycles. The van der Waals surface area contributed by atoms with Gasteiger partial charge in [-0.3, -0.25) is 9.36 Å². The van der Waals surface area contributed by atoms with E-state index in [9.17, 15) is 4.79 Å². The number of benzene rings is 2. The fraction of sp³-hybridized carbons (Fsp3) is 0.150. The maximum absolute atomic E-state index is 13.2. The molecule has 0 fully saturated rings. The quantitative estimate of drug-likeness (QED) is 0.480. The van der Waals surface area contributed by atoms with Crippen molar-refractivity contribution in [3.63, 3.8) is 0 Å². The van der Waals surface area contributed by atoms with Crippen LogP contribution in [0.3, 0.4) is 0 Å². The Morgan fingerprint density at radius 2 is 2.04 bits per heavy atom. The number of aromatic nitrogens is 3. The largest absolute Gasteiger partial charge is 0.497 e. The highest BCUT2D eigenvalue weighted by molar-refractivity contribution is 7.71. The molecule has 0 aliphatic heterocycles. The highest BCUT2D eigenvalue weighted by atomic mass is 35.5. The second-order valence-corrected chi connectivity index (χ2v) is 7.09. The van der Waals surface area contributed by atoms with Crippen LogP contribution in [0, 0.1) is 11.8 Å². The zero-order chi connectivity index (χ0) is 19.8. The van der Waals surface area contributed by atoms with Crippen molar-refractivity contribution < 1.29 is 13.9 Å². The van der Waals surface area contributed by atoms with Gasteiger partial charge in [0.25, 0.3) is 10.7 Å². The summed E-state index contributed by atoms with van der Waals surface area (Å²) in [6.07, 6.45) is 0.392. The van der Waals surface area contributed by atoms with E-state index in [0.29, 0.717) is 28.6 Å². The fourth-order valence-electron chi connectivity index (χ4n) is 3.28. The average Bonchev–Trinajstić information content (AvgIpc) is 3.22. The number of carbonyl (C=O) groups is 1. The second kappa shape index (κ2) is 7.26. The van der Waals surface area contributed by atoms with E-state index in [1.54, 1.807) is 35.9 Å². The first-order chi connectivity index (χ1) is 13.5. The molecule has 0 unspecified atom stereocenters. The molecule has 0 spiro atoms. The minimum atomic E-state index is -0.140. The molecule has 28 heavy (non-hydrogen) atoms. The Morgan fingerprint density at radius 3 is 2.68 bits per heavy atom. The monoisotopic (exact) mass is 413 g/mol. The number of halogens is 1. The lowest BCUT2D eigenvalue weighted by molar-refractivity contribution is 0.0963. The van der Waals surface area contributed by atoms with E-state index in [-0.39, 0.29) is 10.7 Å². The van der Waals surface area contributed by atoms with Crippen LogP contribution in [0.1, 0.15) is 27.5 Å². The minimum absolute atomic E-state index is 0.140. The van der Waals surface area contributed by atoms with E-state index in [1.807, 2.05) is 25.1 Å². The molecule has 0 bridgehead atoms. The molecule has 4 rings (SSSR count). The number of carbonyl (C=O) groups excluding carboxylic acids is 1. The molecular formula is C20H16ClN3O3S. The van der Waals surface area contributed by atoms with Crippen molar-refractivity contribution in [1.29, 1.82) is 0 Å². The molecule has 0 aliphatic carbocycles. The minimum Gasteiger partial charge on any atom is -0.497 e. The lowest BCUT2D eigenvalue weighted by atomic mass is 10.1. The molecule has 2 heterocycles. The number of nitrogens with zero attached hydrogens (tertiary/aromatic N) is 2. The smallest absolute Gasteiger partial charge is 0.284 e. The van der Waals surface area contributed by atoms with Crippen LogP contribution >= 0.6 is 23.8 Å². The van der Waals surface area contributed by atoms with Crippen molar-refractivity contribution in [3.8, 4) is 5.75 Å².